The smallest absolute Gasteiger partial charge is 0.201 e. The average Bonchev–Trinajstić information content (AvgIpc) is 3.07. The predicted octanol–water partition coefficient (Wildman–Crippen LogP) is 12.7. The summed E-state index contributed by atoms with van der Waals surface area (Å²) in [6.07, 6.45) is 21.8. The van der Waals surface area contributed by atoms with Crippen LogP contribution < -0.4 is 4.74 Å². The van der Waals surface area contributed by atoms with E-state index >= 15 is 8.78 Å². The van der Waals surface area contributed by atoms with Crippen molar-refractivity contribution in [2.45, 2.75) is 97.3 Å². The number of ether oxygens (including phenoxy) is 1. The van der Waals surface area contributed by atoms with Crippen molar-refractivity contribution in [3.63, 3.8) is 0 Å². The maximum atomic E-state index is 15.4. The summed E-state index contributed by atoms with van der Waals surface area (Å²) in [6.45, 7) is 4.67. The lowest BCUT2D eigenvalue weighted by Crippen LogP contribution is -2.22. The van der Waals surface area contributed by atoms with E-state index in [1.165, 1.54) is 51.0 Å². The summed E-state index contributed by atoms with van der Waals surface area (Å²) in [5.41, 5.74) is 4.15. The van der Waals surface area contributed by atoms with Crippen LogP contribution in [-0.2, 0) is 0 Å². The van der Waals surface area contributed by atoms with Crippen LogP contribution in [0.5, 0.6) is 5.75 Å². The van der Waals surface area contributed by atoms with Crippen molar-refractivity contribution in [2.24, 2.45) is 17.8 Å². The van der Waals surface area contributed by atoms with Crippen LogP contribution >= 0.6 is 0 Å². The predicted molar refractivity (Wildman–Crippen MR) is 182 cm³/mol. The summed E-state index contributed by atoms with van der Waals surface area (Å²) in [5.74, 6) is 0.132. The van der Waals surface area contributed by atoms with Gasteiger partial charge in [0.15, 0.2) is 11.6 Å². The molecule has 0 N–H and O–H groups in total. The topological polar surface area (TPSA) is 9.23 Å². The van der Waals surface area contributed by atoms with Gasteiger partial charge in [0, 0.05) is 11.1 Å². The van der Waals surface area contributed by atoms with Gasteiger partial charge in [-0.05, 0) is 117 Å². The molecule has 0 amide bonds. The van der Waals surface area contributed by atoms with Crippen molar-refractivity contribution in [2.75, 3.05) is 6.61 Å². The Morgan fingerprint density at radius 3 is 2.09 bits per heavy atom. The SMILES string of the molecule is C/C=C/C1CCC(C2CC=C(c3ccc(-c4ccc(-c5ccc(OCCCCCCCC)c(F)c5F)cc4)cc3F)CC2)CC1. The van der Waals surface area contributed by atoms with Gasteiger partial charge in [-0.1, -0.05) is 93.7 Å². The zero-order valence-electron chi connectivity index (χ0n) is 27.1. The summed E-state index contributed by atoms with van der Waals surface area (Å²) >= 11 is 0. The summed E-state index contributed by atoms with van der Waals surface area (Å²) in [7, 11) is 0. The zero-order valence-corrected chi connectivity index (χ0v) is 27.1. The number of halogens is 3. The largest absolute Gasteiger partial charge is 0.490 e. The molecule has 240 valence electrons. The van der Waals surface area contributed by atoms with E-state index in [4.69, 9.17) is 4.74 Å². The Morgan fingerprint density at radius 1 is 0.711 bits per heavy atom. The molecule has 0 heterocycles. The lowest BCUT2D eigenvalue weighted by atomic mass is 9.71. The van der Waals surface area contributed by atoms with E-state index in [1.54, 1.807) is 24.3 Å². The van der Waals surface area contributed by atoms with E-state index in [9.17, 15) is 4.39 Å². The molecule has 4 heteroatoms. The molecule has 0 saturated heterocycles. The Kier molecular flexibility index (Phi) is 12.0. The fourth-order valence-corrected chi connectivity index (χ4v) is 7.34. The minimum atomic E-state index is -0.958. The van der Waals surface area contributed by atoms with E-state index in [1.807, 2.05) is 24.3 Å². The van der Waals surface area contributed by atoms with Crippen LogP contribution in [-0.4, -0.2) is 6.61 Å². The maximum Gasteiger partial charge on any atom is 0.201 e. The molecule has 1 saturated carbocycles. The molecule has 2 aliphatic rings. The van der Waals surface area contributed by atoms with Gasteiger partial charge in [0.1, 0.15) is 5.82 Å². The summed E-state index contributed by atoms with van der Waals surface area (Å²) in [4.78, 5) is 0. The van der Waals surface area contributed by atoms with Crippen LogP contribution in [0.2, 0.25) is 0 Å². The van der Waals surface area contributed by atoms with Gasteiger partial charge >= 0.3 is 0 Å². The maximum absolute atomic E-state index is 15.4. The average molecular weight is 615 g/mol. The van der Waals surface area contributed by atoms with Gasteiger partial charge in [0.25, 0.3) is 0 Å². The molecule has 0 aromatic heterocycles. The Hall–Kier alpha value is -3.27. The van der Waals surface area contributed by atoms with Gasteiger partial charge in [-0.3, -0.25) is 0 Å². The van der Waals surface area contributed by atoms with Gasteiger partial charge in [-0.15, -0.1) is 0 Å². The van der Waals surface area contributed by atoms with Gasteiger partial charge in [-0.25, -0.2) is 8.78 Å². The molecule has 0 spiro atoms. The van der Waals surface area contributed by atoms with E-state index in [-0.39, 0.29) is 17.1 Å². The van der Waals surface area contributed by atoms with E-state index in [2.05, 4.69) is 32.1 Å². The molecule has 1 unspecified atom stereocenters. The summed E-state index contributed by atoms with van der Waals surface area (Å²) in [6, 6.07) is 15.7. The molecule has 0 bridgehead atoms. The number of allylic oxidation sites excluding steroid dienone is 4. The standard InChI is InChI=1S/C41H49F3O/c1-3-5-6-7-8-9-27-45-39-26-25-37(40(43)41(39)44)34-21-17-32(18-22-34)35-23-24-36(38(42)28-35)33-19-15-31(16-20-33)30-13-11-29(10-4-2)12-14-30/h4,10,17-19,21-26,28-31H,3,5-9,11-16,20,27H2,1-2H3/b10-4+. The molecular weight excluding hydrogens is 565 g/mol. The van der Waals surface area contributed by atoms with Gasteiger partial charge in [0.05, 0.1) is 6.61 Å². The minimum Gasteiger partial charge on any atom is -0.490 e. The molecule has 1 nitrogen and oxygen atoms in total. The highest BCUT2D eigenvalue weighted by Gasteiger charge is 2.28. The Labute approximate surface area is 268 Å². The molecule has 0 radical (unpaired) electrons. The first-order valence-electron chi connectivity index (χ1n) is 17.3. The first-order chi connectivity index (χ1) is 22.0. The van der Waals surface area contributed by atoms with Crippen LogP contribution in [0.1, 0.15) is 103 Å². The lowest BCUT2D eigenvalue weighted by molar-refractivity contribution is 0.212. The van der Waals surface area contributed by atoms with E-state index in [0.717, 1.165) is 67.1 Å². The molecular formula is C41H49F3O. The summed E-state index contributed by atoms with van der Waals surface area (Å²) < 4.78 is 50.8. The first-order valence-corrected chi connectivity index (χ1v) is 17.3. The number of hydrogen-bond donors (Lipinski definition) is 0. The van der Waals surface area contributed by atoms with Crippen molar-refractivity contribution >= 4 is 5.57 Å². The first kappa shape index (κ1) is 33.1. The monoisotopic (exact) mass is 614 g/mol. The highest BCUT2D eigenvalue weighted by Crippen LogP contribution is 2.42. The van der Waals surface area contributed by atoms with Crippen molar-refractivity contribution in [3.8, 4) is 28.0 Å². The highest BCUT2D eigenvalue weighted by molar-refractivity contribution is 5.74. The molecule has 1 atom stereocenters. The van der Waals surface area contributed by atoms with E-state index < -0.39 is 11.6 Å². The number of hydrogen-bond acceptors (Lipinski definition) is 1. The highest BCUT2D eigenvalue weighted by atomic mass is 19.2. The third-order valence-corrected chi connectivity index (χ3v) is 10.0. The van der Waals surface area contributed by atoms with Gasteiger partial charge < -0.3 is 4.74 Å². The fourth-order valence-electron chi connectivity index (χ4n) is 7.34. The Morgan fingerprint density at radius 2 is 1.40 bits per heavy atom. The normalized spacial score (nSPS) is 20.4. The molecule has 0 aliphatic heterocycles. The van der Waals surface area contributed by atoms with Crippen LogP contribution in [0.3, 0.4) is 0 Å². The van der Waals surface area contributed by atoms with Crippen molar-refractivity contribution < 1.29 is 17.9 Å². The van der Waals surface area contributed by atoms with Crippen LogP contribution in [0.25, 0.3) is 27.8 Å². The van der Waals surface area contributed by atoms with Crippen LogP contribution in [0.4, 0.5) is 13.2 Å². The Balaban J connectivity index is 1.18. The van der Waals surface area contributed by atoms with Gasteiger partial charge in [0.2, 0.25) is 5.82 Å². The third-order valence-electron chi connectivity index (χ3n) is 10.0. The molecule has 2 aliphatic carbocycles. The molecule has 5 rings (SSSR count). The second-order valence-electron chi connectivity index (χ2n) is 13.1. The summed E-state index contributed by atoms with van der Waals surface area (Å²) in [5, 5.41) is 0. The quantitative estimate of drug-likeness (QED) is 0.137. The second-order valence-corrected chi connectivity index (χ2v) is 13.1. The van der Waals surface area contributed by atoms with Crippen molar-refractivity contribution in [1.82, 2.24) is 0 Å². The van der Waals surface area contributed by atoms with Crippen LogP contribution in [0, 0.1) is 35.2 Å². The molecule has 45 heavy (non-hydrogen) atoms. The Bertz CT molecular complexity index is 1450. The third kappa shape index (κ3) is 8.51. The second kappa shape index (κ2) is 16.3. The van der Waals surface area contributed by atoms with E-state index in [0.29, 0.717) is 23.7 Å². The van der Waals surface area contributed by atoms with Crippen LogP contribution in [0.15, 0.2) is 72.8 Å². The lowest BCUT2D eigenvalue weighted by Gasteiger charge is -2.35. The molecule has 3 aromatic rings. The molecule has 1 fully saturated rings. The minimum absolute atomic E-state index is 0.0483. The number of rotatable bonds is 13. The van der Waals surface area contributed by atoms with Crippen molar-refractivity contribution in [1.29, 1.82) is 0 Å². The number of unbranched alkanes of at least 4 members (excludes halogenated alkanes) is 5. The van der Waals surface area contributed by atoms with Gasteiger partial charge in [-0.2, -0.15) is 4.39 Å². The fraction of sp³-hybridized carbons (Fsp3) is 0.463. The zero-order chi connectivity index (χ0) is 31.6. The number of benzene rings is 3. The van der Waals surface area contributed by atoms with Crippen molar-refractivity contribution in [3.05, 3.63) is 95.8 Å². The molecule has 3 aromatic carbocycles.